The molecule has 26 heavy (non-hydrogen) atoms. The third-order valence-electron chi connectivity index (χ3n) is 3.47. The van der Waals surface area contributed by atoms with Crippen LogP contribution in [0.15, 0.2) is 48.5 Å². The highest BCUT2D eigenvalue weighted by atomic mass is 19.4. The molecule has 6 nitrogen and oxygen atoms in total. The summed E-state index contributed by atoms with van der Waals surface area (Å²) in [5.74, 6) is -0.449. The number of benzene rings is 2. The smallest absolute Gasteiger partial charge is 0.405 e. The molecule has 0 radical (unpaired) electrons. The van der Waals surface area contributed by atoms with Gasteiger partial charge in [-0.2, -0.15) is 5.10 Å². The maximum absolute atomic E-state index is 12.6. The van der Waals surface area contributed by atoms with Gasteiger partial charge in [-0.25, -0.2) is 4.98 Å². The minimum Gasteiger partial charge on any atom is -0.405 e. The lowest BCUT2D eigenvalue weighted by Crippen LogP contribution is -2.19. The number of ether oxygens (including phenoxy) is 1. The summed E-state index contributed by atoms with van der Waals surface area (Å²) in [6.45, 7) is 0. The van der Waals surface area contributed by atoms with E-state index in [2.05, 4.69) is 25.2 Å². The molecule has 0 aliphatic rings. The van der Waals surface area contributed by atoms with E-state index in [0.29, 0.717) is 11.1 Å². The first-order valence-electron chi connectivity index (χ1n) is 7.47. The predicted molar refractivity (Wildman–Crippen MR) is 87.3 cm³/mol. The SMILES string of the molecule is CNC(=O)c1nc(-c2cccc(-c3ccccc3OC(F)(F)F)c2)n[nH]1. The number of hydrogen-bond acceptors (Lipinski definition) is 4. The number of carbonyl (C=O) groups is 1. The van der Waals surface area contributed by atoms with Gasteiger partial charge in [0.25, 0.3) is 5.91 Å². The van der Waals surface area contributed by atoms with E-state index >= 15 is 0 Å². The molecule has 0 aliphatic carbocycles. The van der Waals surface area contributed by atoms with Crippen molar-refractivity contribution in [3.05, 3.63) is 54.4 Å². The van der Waals surface area contributed by atoms with Crippen molar-refractivity contribution in [3.8, 4) is 28.3 Å². The minimum absolute atomic E-state index is 0.0358. The lowest BCUT2D eigenvalue weighted by molar-refractivity contribution is -0.274. The molecule has 3 aromatic rings. The van der Waals surface area contributed by atoms with Crippen molar-refractivity contribution in [2.45, 2.75) is 6.36 Å². The van der Waals surface area contributed by atoms with Crippen LogP contribution in [0.1, 0.15) is 10.6 Å². The zero-order valence-electron chi connectivity index (χ0n) is 13.5. The van der Waals surface area contributed by atoms with Crippen LogP contribution >= 0.6 is 0 Å². The van der Waals surface area contributed by atoms with Crippen LogP contribution in [0.4, 0.5) is 13.2 Å². The van der Waals surface area contributed by atoms with E-state index in [1.54, 1.807) is 30.3 Å². The molecule has 0 bridgehead atoms. The highest BCUT2D eigenvalue weighted by Crippen LogP contribution is 2.34. The van der Waals surface area contributed by atoms with Gasteiger partial charge in [-0.1, -0.05) is 36.4 Å². The number of H-pyrrole nitrogens is 1. The van der Waals surface area contributed by atoms with Crippen molar-refractivity contribution >= 4 is 5.91 Å². The molecular formula is C17H13F3N4O2. The topological polar surface area (TPSA) is 79.9 Å². The van der Waals surface area contributed by atoms with Crippen molar-refractivity contribution < 1.29 is 22.7 Å². The van der Waals surface area contributed by atoms with Gasteiger partial charge in [-0.3, -0.25) is 9.89 Å². The van der Waals surface area contributed by atoms with Crippen molar-refractivity contribution in [3.63, 3.8) is 0 Å². The maximum atomic E-state index is 12.6. The second-order valence-corrected chi connectivity index (χ2v) is 5.21. The fourth-order valence-electron chi connectivity index (χ4n) is 2.36. The van der Waals surface area contributed by atoms with Crippen LogP contribution in [0, 0.1) is 0 Å². The number of nitrogens with one attached hydrogen (secondary N) is 2. The van der Waals surface area contributed by atoms with Crippen LogP contribution in [-0.2, 0) is 0 Å². The Morgan fingerprint density at radius 2 is 1.85 bits per heavy atom. The van der Waals surface area contributed by atoms with Gasteiger partial charge in [0.1, 0.15) is 5.75 Å². The summed E-state index contributed by atoms with van der Waals surface area (Å²) < 4.78 is 41.9. The molecule has 1 aromatic heterocycles. The number of para-hydroxylation sites is 1. The molecule has 1 heterocycles. The second-order valence-electron chi connectivity index (χ2n) is 5.21. The van der Waals surface area contributed by atoms with E-state index in [9.17, 15) is 18.0 Å². The van der Waals surface area contributed by atoms with Gasteiger partial charge in [-0.15, -0.1) is 13.2 Å². The quantitative estimate of drug-likeness (QED) is 0.746. The van der Waals surface area contributed by atoms with Crippen LogP contribution in [0.25, 0.3) is 22.5 Å². The number of rotatable bonds is 4. The van der Waals surface area contributed by atoms with Gasteiger partial charge in [0.15, 0.2) is 5.82 Å². The summed E-state index contributed by atoms with van der Waals surface area (Å²) >= 11 is 0. The summed E-state index contributed by atoms with van der Waals surface area (Å²) in [6.07, 6.45) is -4.79. The van der Waals surface area contributed by atoms with Gasteiger partial charge < -0.3 is 10.1 Å². The van der Waals surface area contributed by atoms with Crippen molar-refractivity contribution in [2.24, 2.45) is 0 Å². The van der Waals surface area contributed by atoms with Crippen LogP contribution in [0.5, 0.6) is 5.75 Å². The van der Waals surface area contributed by atoms with Gasteiger partial charge in [0, 0.05) is 18.2 Å². The zero-order chi connectivity index (χ0) is 18.7. The first-order chi connectivity index (χ1) is 12.4. The fraction of sp³-hybridized carbons (Fsp3) is 0.118. The Morgan fingerprint density at radius 1 is 1.12 bits per heavy atom. The Kier molecular flexibility index (Phi) is 4.61. The molecule has 0 saturated carbocycles. The van der Waals surface area contributed by atoms with E-state index in [-0.39, 0.29) is 23.0 Å². The largest absolute Gasteiger partial charge is 0.573 e. The Hall–Kier alpha value is -3.36. The van der Waals surface area contributed by atoms with Gasteiger partial charge in [-0.05, 0) is 17.7 Å². The van der Waals surface area contributed by atoms with Crippen LogP contribution in [-0.4, -0.2) is 34.5 Å². The maximum Gasteiger partial charge on any atom is 0.573 e. The predicted octanol–water partition coefficient (Wildman–Crippen LogP) is 3.40. The number of hydrogen-bond donors (Lipinski definition) is 2. The highest BCUT2D eigenvalue weighted by Gasteiger charge is 2.32. The molecule has 134 valence electrons. The number of amides is 1. The van der Waals surface area contributed by atoms with Crippen molar-refractivity contribution in [2.75, 3.05) is 7.05 Å². The molecule has 0 saturated heterocycles. The molecule has 9 heteroatoms. The molecule has 0 aliphatic heterocycles. The van der Waals surface area contributed by atoms with E-state index in [0.717, 1.165) is 0 Å². The highest BCUT2D eigenvalue weighted by molar-refractivity contribution is 5.90. The molecule has 3 rings (SSSR count). The summed E-state index contributed by atoms with van der Waals surface area (Å²) in [5.41, 5.74) is 1.30. The van der Waals surface area contributed by atoms with Gasteiger partial charge in [0.2, 0.25) is 5.82 Å². The molecule has 1 amide bonds. The summed E-state index contributed by atoms with van der Waals surface area (Å²) in [7, 11) is 1.46. The van der Waals surface area contributed by atoms with E-state index < -0.39 is 12.3 Å². The third-order valence-corrected chi connectivity index (χ3v) is 3.47. The first-order valence-corrected chi connectivity index (χ1v) is 7.47. The molecule has 0 fully saturated rings. The molecule has 2 aromatic carbocycles. The van der Waals surface area contributed by atoms with E-state index in [1.807, 2.05) is 0 Å². The number of halogens is 3. The summed E-state index contributed by atoms with van der Waals surface area (Å²) in [4.78, 5) is 15.6. The Morgan fingerprint density at radius 3 is 2.58 bits per heavy atom. The average molecular weight is 362 g/mol. The number of carbonyl (C=O) groups excluding carboxylic acids is 1. The van der Waals surface area contributed by atoms with Gasteiger partial charge >= 0.3 is 6.36 Å². The standard InChI is InChI=1S/C17H13F3N4O2/c1-21-16(25)15-22-14(23-24-15)11-6-4-5-10(9-11)12-7-2-3-8-13(12)26-17(18,19)20/h2-9H,1H3,(H,21,25)(H,22,23,24). The normalized spacial score (nSPS) is 11.2. The Balaban J connectivity index is 1.98. The van der Waals surface area contributed by atoms with Crippen LogP contribution < -0.4 is 10.1 Å². The molecular weight excluding hydrogens is 349 g/mol. The van der Waals surface area contributed by atoms with Crippen molar-refractivity contribution in [1.82, 2.24) is 20.5 Å². The fourth-order valence-corrected chi connectivity index (χ4v) is 2.36. The average Bonchev–Trinajstić information content (AvgIpc) is 3.10. The van der Waals surface area contributed by atoms with Crippen LogP contribution in [0.2, 0.25) is 0 Å². The molecule has 2 N–H and O–H groups in total. The minimum atomic E-state index is -4.79. The Labute approximate surface area is 146 Å². The summed E-state index contributed by atoms with van der Waals surface area (Å²) in [5, 5.41) is 8.89. The zero-order valence-corrected chi connectivity index (χ0v) is 13.5. The monoisotopic (exact) mass is 362 g/mol. The second kappa shape index (κ2) is 6.87. The molecule has 0 unspecified atom stereocenters. The number of aromatic amines is 1. The van der Waals surface area contributed by atoms with Crippen LogP contribution in [0.3, 0.4) is 0 Å². The van der Waals surface area contributed by atoms with E-state index in [1.165, 1.54) is 25.2 Å². The third kappa shape index (κ3) is 3.82. The number of alkyl halides is 3. The molecule has 0 atom stereocenters. The lowest BCUT2D eigenvalue weighted by atomic mass is 10.0. The van der Waals surface area contributed by atoms with Gasteiger partial charge in [0.05, 0.1) is 0 Å². The van der Waals surface area contributed by atoms with Crippen molar-refractivity contribution in [1.29, 1.82) is 0 Å². The number of aromatic nitrogens is 3. The number of nitrogens with zero attached hydrogens (tertiary/aromatic N) is 2. The lowest BCUT2D eigenvalue weighted by Gasteiger charge is -2.13. The summed E-state index contributed by atoms with van der Waals surface area (Å²) in [6, 6.07) is 12.4. The first kappa shape index (κ1) is 17.5. The Bertz CT molecular complexity index is 938. The van der Waals surface area contributed by atoms with E-state index in [4.69, 9.17) is 0 Å². The molecule has 0 spiro atoms.